The average molecular weight is 380 g/mol. The third-order valence-electron chi connectivity index (χ3n) is 4.68. The van der Waals surface area contributed by atoms with Crippen molar-refractivity contribution in [2.45, 2.75) is 18.8 Å². The van der Waals surface area contributed by atoms with E-state index < -0.39 is 13.1 Å². The van der Waals surface area contributed by atoms with Crippen LogP contribution in [-0.2, 0) is 11.2 Å². The molecule has 0 aliphatic carbocycles. The summed E-state index contributed by atoms with van der Waals surface area (Å²) >= 11 is 5.92. The highest BCUT2D eigenvalue weighted by Crippen LogP contribution is 2.22. The molecule has 1 amide bonds. The highest BCUT2D eigenvalue weighted by atomic mass is 35.5. The standard InChI is InChI=1S/C17H23BClN3O4/c19-22-9-7-21(8-10-22)6-5-17(23)20-16(18(24)25)11-13-12-26-15-4-2-1-3-14(13)15/h1-4,12,16,24-25H,5-11H2,(H,20,23)/t16-/m0/s1. The van der Waals surface area contributed by atoms with Crippen LogP contribution in [-0.4, -0.2) is 71.1 Å². The van der Waals surface area contributed by atoms with E-state index in [0.717, 1.165) is 42.7 Å². The molecule has 0 unspecified atom stereocenters. The molecule has 0 bridgehead atoms. The van der Waals surface area contributed by atoms with Crippen molar-refractivity contribution in [1.82, 2.24) is 14.6 Å². The van der Waals surface area contributed by atoms with Crippen molar-refractivity contribution in [3.8, 4) is 0 Å². The SMILES string of the molecule is O=C(CCN1CCN(Cl)CC1)N[C@@H](Cc1coc2ccccc12)B(O)O. The summed E-state index contributed by atoms with van der Waals surface area (Å²) in [5, 5.41) is 22.9. The van der Waals surface area contributed by atoms with E-state index in [0.29, 0.717) is 13.0 Å². The van der Waals surface area contributed by atoms with Gasteiger partial charge in [-0.05, 0) is 29.8 Å². The number of nitrogens with one attached hydrogen (secondary N) is 1. The van der Waals surface area contributed by atoms with E-state index in [1.165, 1.54) is 0 Å². The lowest BCUT2D eigenvalue weighted by atomic mass is 9.76. The number of piperazine rings is 1. The molecule has 0 radical (unpaired) electrons. The van der Waals surface area contributed by atoms with E-state index in [1.807, 2.05) is 24.3 Å². The van der Waals surface area contributed by atoms with Gasteiger partial charge in [0, 0.05) is 44.5 Å². The van der Waals surface area contributed by atoms with Gasteiger partial charge in [0.2, 0.25) is 5.91 Å². The van der Waals surface area contributed by atoms with Gasteiger partial charge in [-0.25, -0.2) is 4.42 Å². The topological polar surface area (TPSA) is 89.2 Å². The monoisotopic (exact) mass is 379 g/mol. The summed E-state index contributed by atoms with van der Waals surface area (Å²) in [6, 6.07) is 7.53. The molecule has 1 atom stereocenters. The van der Waals surface area contributed by atoms with E-state index in [2.05, 4.69) is 10.2 Å². The number of furan rings is 1. The molecular formula is C17H23BClN3O4. The van der Waals surface area contributed by atoms with Crippen LogP contribution in [0.15, 0.2) is 34.9 Å². The van der Waals surface area contributed by atoms with Crippen molar-refractivity contribution >= 4 is 35.8 Å². The number of hydrogen-bond acceptors (Lipinski definition) is 6. The van der Waals surface area contributed by atoms with Crippen LogP contribution in [0.25, 0.3) is 11.0 Å². The smallest absolute Gasteiger partial charge is 0.464 e. The number of amides is 1. The Labute approximate surface area is 157 Å². The van der Waals surface area contributed by atoms with Crippen LogP contribution in [0.2, 0.25) is 0 Å². The average Bonchev–Trinajstić information content (AvgIpc) is 3.04. The summed E-state index contributed by atoms with van der Waals surface area (Å²) in [5.74, 6) is -0.993. The fourth-order valence-electron chi connectivity index (χ4n) is 3.14. The quantitative estimate of drug-likeness (QED) is 0.483. The molecule has 140 valence electrons. The van der Waals surface area contributed by atoms with Gasteiger partial charge in [-0.15, -0.1) is 0 Å². The number of para-hydroxylation sites is 1. The maximum atomic E-state index is 12.2. The second kappa shape index (κ2) is 8.88. The van der Waals surface area contributed by atoms with Crippen molar-refractivity contribution in [2.75, 3.05) is 32.7 Å². The second-order valence-electron chi connectivity index (χ2n) is 6.55. The van der Waals surface area contributed by atoms with Crippen molar-refractivity contribution in [3.05, 3.63) is 36.1 Å². The minimum atomic E-state index is -1.65. The Bertz CT molecular complexity index is 734. The Balaban J connectivity index is 1.54. The Hall–Kier alpha value is -1.58. The number of halogens is 1. The number of fused-ring (bicyclic) bond motifs is 1. The van der Waals surface area contributed by atoms with Gasteiger partial charge >= 0.3 is 7.12 Å². The van der Waals surface area contributed by atoms with Gasteiger partial charge in [0.05, 0.1) is 12.2 Å². The number of nitrogens with zero attached hydrogens (tertiary/aromatic N) is 2. The lowest BCUT2D eigenvalue weighted by Gasteiger charge is -2.30. The molecule has 1 aromatic carbocycles. The second-order valence-corrected chi connectivity index (χ2v) is 7.03. The normalized spacial score (nSPS) is 17.3. The lowest BCUT2D eigenvalue weighted by Crippen LogP contribution is -2.49. The van der Waals surface area contributed by atoms with Crippen LogP contribution in [0.5, 0.6) is 0 Å². The van der Waals surface area contributed by atoms with Crippen LogP contribution in [0.4, 0.5) is 0 Å². The first-order chi connectivity index (χ1) is 12.5. The van der Waals surface area contributed by atoms with Crippen molar-refractivity contribution in [2.24, 2.45) is 0 Å². The molecule has 26 heavy (non-hydrogen) atoms. The van der Waals surface area contributed by atoms with Gasteiger partial charge in [-0.2, -0.15) is 0 Å². The molecule has 3 rings (SSSR count). The predicted octanol–water partition coefficient (Wildman–Crippen LogP) is 0.634. The van der Waals surface area contributed by atoms with Crippen molar-refractivity contribution in [1.29, 1.82) is 0 Å². The zero-order valence-electron chi connectivity index (χ0n) is 14.5. The largest absolute Gasteiger partial charge is 0.475 e. The van der Waals surface area contributed by atoms with Gasteiger partial charge < -0.3 is 24.7 Å². The van der Waals surface area contributed by atoms with Crippen LogP contribution in [0.1, 0.15) is 12.0 Å². The summed E-state index contributed by atoms with van der Waals surface area (Å²) in [7, 11) is -1.65. The van der Waals surface area contributed by atoms with Crippen LogP contribution < -0.4 is 5.32 Å². The number of rotatable bonds is 7. The Kier molecular flexibility index (Phi) is 6.55. The van der Waals surface area contributed by atoms with Gasteiger partial charge in [0.25, 0.3) is 0 Å². The summed E-state index contributed by atoms with van der Waals surface area (Å²) in [5.41, 5.74) is 1.57. The zero-order chi connectivity index (χ0) is 18.5. The molecule has 9 heteroatoms. The maximum Gasteiger partial charge on any atom is 0.475 e. The molecule has 1 aromatic heterocycles. The molecule has 3 N–H and O–H groups in total. The molecule has 1 aliphatic heterocycles. The molecule has 2 aromatic rings. The Morgan fingerprint density at radius 2 is 2.00 bits per heavy atom. The lowest BCUT2D eigenvalue weighted by molar-refractivity contribution is -0.121. The predicted molar refractivity (Wildman–Crippen MR) is 101 cm³/mol. The molecule has 0 spiro atoms. The molecule has 0 saturated carbocycles. The minimum absolute atomic E-state index is 0.204. The Morgan fingerprint density at radius 3 is 2.73 bits per heavy atom. The van der Waals surface area contributed by atoms with Crippen LogP contribution >= 0.6 is 11.8 Å². The molecule has 1 fully saturated rings. The first-order valence-corrected chi connectivity index (χ1v) is 9.10. The molecule has 1 aliphatic rings. The number of carbonyl (C=O) groups is 1. The summed E-state index contributed by atoms with van der Waals surface area (Å²) in [6.07, 6.45) is 2.18. The summed E-state index contributed by atoms with van der Waals surface area (Å²) in [4.78, 5) is 14.4. The fourth-order valence-corrected chi connectivity index (χ4v) is 3.30. The van der Waals surface area contributed by atoms with Gasteiger partial charge in [-0.3, -0.25) is 4.79 Å². The van der Waals surface area contributed by atoms with E-state index in [9.17, 15) is 14.8 Å². The third-order valence-corrected chi connectivity index (χ3v) is 5.02. The summed E-state index contributed by atoms with van der Waals surface area (Å²) in [6.45, 7) is 3.82. The van der Waals surface area contributed by atoms with Crippen molar-refractivity contribution in [3.63, 3.8) is 0 Å². The molecule has 2 heterocycles. The first-order valence-electron chi connectivity index (χ1n) is 8.76. The maximum absolute atomic E-state index is 12.2. The number of benzene rings is 1. The zero-order valence-corrected chi connectivity index (χ0v) is 15.2. The van der Waals surface area contributed by atoms with Crippen molar-refractivity contribution < 1.29 is 19.3 Å². The molecule has 7 nitrogen and oxygen atoms in total. The minimum Gasteiger partial charge on any atom is -0.464 e. The fraction of sp³-hybridized carbons (Fsp3) is 0.471. The van der Waals surface area contributed by atoms with Gasteiger partial charge in [0.15, 0.2) is 0 Å². The summed E-state index contributed by atoms with van der Waals surface area (Å²) < 4.78 is 7.21. The third kappa shape index (κ3) is 4.99. The first kappa shape index (κ1) is 19.2. The molecule has 1 saturated heterocycles. The van der Waals surface area contributed by atoms with E-state index in [4.69, 9.17) is 16.2 Å². The van der Waals surface area contributed by atoms with Gasteiger partial charge in [0.1, 0.15) is 5.58 Å². The molecular weight excluding hydrogens is 356 g/mol. The Morgan fingerprint density at radius 1 is 1.27 bits per heavy atom. The van der Waals surface area contributed by atoms with Crippen LogP contribution in [0, 0.1) is 0 Å². The van der Waals surface area contributed by atoms with Crippen LogP contribution in [0.3, 0.4) is 0 Å². The highest BCUT2D eigenvalue weighted by molar-refractivity contribution is 6.43. The number of carbonyl (C=O) groups excluding carboxylic acids is 1. The number of hydrogen-bond donors (Lipinski definition) is 3. The van der Waals surface area contributed by atoms with Gasteiger partial charge in [-0.1, -0.05) is 18.2 Å². The highest BCUT2D eigenvalue weighted by Gasteiger charge is 2.27. The van der Waals surface area contributed by atoms with E-state index >= 15 is 0 Å². The van der Waals surface area contributed by atoms with E-state index in [-0.39, 0.29) is 12.3 Å². The van der Waals surface area contributed by atoms with E-state index in [1.54, 1.807) is 10.7 Å².